The highest BCUT2D eigenvalue weighted by molar-refractivity contribution is 5.71. The second-order valence-corrected chi connectivity index (χ2v) is 5.59. The van der Waals surface area contributed by atoms with E-state index in [1.165, 1.54) is 35.4 Å². The summed E-state index contributed by atoms with van der Waals surface area (Å²) in [4.78, 5) is 9.46. The van der Waals surface area contributed by atoms with Crippen molar-refractivity contribution in [2.45, 2.75) is 6.36 Å². The second-order valence-electron chi connectivity index (χ2n) is 5.59. The molecule has 28 heavy (non-hydrogen) atoms. The normalized spacial score (nSPS) is 11.4. The molecule has 3 aromatic heterocycles. The van der Waals surface area contributed by atoms with Crippen LogP contribution in [-0.4, -0.2) is 36.5 Å². The van der Waals surface area contributed by atoms with Crippen LogP contribution < -0.4 is 4.74 Å². The van der Waals surface area contributed by atoms with E-state index in [-0.39, 0.29) is 11.3 Å². The first-order chi connectivity index (χ1) is 13.5. The van der Waals surface area contributed by atoms with Gasteiger partial charge in [-0.1, -0.05) is 24.3 Å². The summed E-state index contributed by atoms with van der Waals surface area (Å²) in [5.41, 5.74) is 1.61. The minimum Gasteiger partial charge on any atom is -0.405 e. The highest BCUT2D eigenvalue weighted by Crippen LogP contribution is 2.33. The smallest absolute Gasteiger partial charge is 0.405 e. The topological polar surface area (TPSA) is 78.6 Å². The van der Waals surface area contributed by atoms with Gasteiger partial charge < -0.3 is 4.74 Å². The van der Waals surface area contributed by atoms with E-state index in [0.29, 0.717) is 22.8 Å². The summed E-state index contributed by atoms with van der Waals surface area (Å²) in [7, 11) is 0. The molecule has 0 unspecified atom stereocenters. The van der Waals surface area contributed by atoms with Gasteiger partial charge in [0, 0.05) is 23.5 Å². The molecule has 3 heterocycles. The molecule has 0 radical (unpaired) electrons. The van der Waals surface area contributed by atoms with E-state index in [1.807, 2.05) is 0 Å². The molecule has 1 aromatic carbocycles. The molecule has 0 atom stereocenters. The fraction of sp³-hybridized carbons (Fsp3) is 0.0556. The average Bonchev–Trinajstić information content (AvgIpc) is 3.18. The molecular formula is C18H11F3N6O. The first-order valence-electron chi connectivity index (χ1n) is 8.01. The van der Waals surface area contributed by atoms with Crippen LogP contribution in [0, 0.1) is 0 Å². The lowest BCUT2D eigenvalue weighted by Crippen LogP contribution is -2.17. The standard InChI is InChI=1S/C18H11F3N6O/c19-18(20,21)28-16-7-2-1-5-14(16)12-9-13(11-22-10-12)27-25-17(24-26-27)15-6-3-4-8-23-15/h1-11H. The largest absolute Gasteiger partial charge is 0.573 e. The Bertz CT molecular complexity index is 1100. The number of rotatable bonds is 4. The molecule has 10 heteroatoms. The van der Waals surface area contributed by atoms with Crippen molar-refractivity contribution >= 4 is 0 Å². The van der Waals surface area contributed by atoms with Crippen molar-refractivity contribution < 1.29 is 17.9 Å². The fourth-order valence-corrected chi connectivity index (χ4v) is 2.52. The van der Waals surface area contributed by atoms with Crippen molar-refractivity contribution in [2.75, 3.05) is 0 Å². The number of hydrogen-bond donors (Lipinski definition) is 0. The zero-order valence-corrected chi connectivity index (χ0v) is 14.1. The fourth-order valence-electron chi connectivity index (χ4n) is 2.52. The van der Waals surface area contributed by atoms with Crippen LogP contribution >= 0.6 is 0 Å². The molecule has 140 valence electrons. The number of pyridine rings is 2. The third-order valence-electron chi connectivity index (χ3n) is 3.69. The Hall–Kier alpha value is -3.82. The van der Waals surface area contributed by atoms with Crippen molar-refractivity contribution in [3.05, 3.63) is 67.1 Å². The quantitative estimate of drug-likeness (QED) is 0.534. The second kappa shape index (κ2) is 7.06. The molecule has 0 saturated heterocycles. The Morgan fingerprint density at radius 2 is 1.79 bits per heavy atom. The van der Waals surface area contributed by atoms with E-state index in [9.17, 15) is 13.2 Å². The highest BCUT2D eigenvalue weighted by atomic mass is 19.4. The number of halogens is 3. The molecule has 4 rings (SSSR count). The van der Waals surface area contributed by atoms with Gasteiger partial charge in [0.15, 0.2) is 0 Å². The molecular weight excluding hydrogens is 373 g/mol. The van der Waals surface area contributed by atoms with Crippen molar-refractivity contribution in [3.8, 4) is 34.1 Å². The highest BCUT2D eigenvalue weighted by Gasteiger charge is 2.32. The third kappa shape index (κ3) is 3.80. The molecule has 0 amide bonds. The van der Waals surface area contributed by atoms with Crippen LogP contribution in [-0.2, 0) is 0 Å². The molecule has 0 aliphatic carbocycles. The van der Waals surface area contributed by atoms with Crippen LogP contribution in [0.2, 0.25) is 0 Å². The maximum atomic E-state index is 12.7. The molecule has 0 fully saturated rings. The van der Waals surface area contributed by atoms with Crippen LogP contribution in [0.3, 0.4) is 0 Å². The number of benzene rings is 1. The van der Waals surface area contributed by atoms with Gasteiger partial charge in [0.25, 0.3) is 0 Å². The van der Waals surface area contributed by atoms with Gasteiger partial charge >= 0.3 is 6.36 Å². The molecule has 0 aliphatic rings. The maximum absolute atomic E-state index is 12.7. The zero-order chi connectivity index (χ0) is 19.6. The number of ether oxygens (including phenoxy) is 1. The lowest BCUT2D eigenvalue weighted by atomic mass is 10.1. The number of hydrogen-bond acceptors (Lipinski definition) is 6. The summed E-state index contributed by atoms with van der Waals surface area (Å²) in [5.74, 6) is -0.0125. The summed E-state index contributed by atoms with van der Waals surface area (Å²) in [6.07, 6.45) is -0.290. The van der Waals surface area contributed by atoms with Crippen LogP contribution in [0.5, 0.6) is 5.75 Å². The number of para-hydroxylation sites is 1. The lowest BCUT2D eigenvalue weighted by Gasteiger charge is -2.13. The lowest BCUT2D eigenvalue weighted by molar-refractivity contribution is -0.274. The minimum atomic E-state index is -4.80. The van der Waals surface area contributed by atoms with Crippen molar-refractivity contribution in [1.29, 1.82) is 0 Å². The van der Waals surface area contributed by atoms with Crippen LogP contribution in [0.1, 0.15) is 0 Å². The van der Waals surface area contributed by atoms with Gasteiger partial charge in [0.1, 0.15) is 17.1 Å². The minimum absolute atomic E-state index is 0.235. The summed E-state index contributed by atoms with van der Waals surface area (Å²) in [5, 5.41) is 12.2. The van der Waals surface area contributed by atoms with Gasteiger partial charge in [-0.3, -0.25) is 9.97 Å². The molecule has 0 N–H and O–H groups in total. The molecule has 0 bridgehead atoms. The van der Waals surface area contributed by atoms with Crippen molar-refractivity contribution in [1.82, 2.24) is 30.2 Å². The molecule has 0 saturated carbocycles. The first-order valence-corrected chi connectivity index (χ1v) is 8.01. The van der Waals surface area contributed by atoms with E-state index in [0.717, 1.165) is 0 Å². The van der Waals surface area contributed by atoms with Crippen molar-refractivity contribution in [2.24, 2.45) is 0 Å². The number of nitrogens with zero attached hydrogens (tertiary/aromatic N) is 6. The zero-order valence-electron chi connectivity index (χ0n) is 14.1. The Morgan fingerprint density at radius 1 is 0.964 bits per heavy atom. The predicted octanol–water partition coefficient (Wildman–Crippen LogP) is 3.68. The molecule has 7 nitrogen and oxygen atoms in total. The van der Waals surface area contributed by atoms with Crippen LogP contribution in [0.25, 0.3) is 28.3 Å². The van der Waals surface area contributed by atoms with E-state index in [4.69, 9.17) is 0 Å². The van der Waals surface area contributed by atoms with Crippen LogP contribution in [0.4, 0.5) is 13.2 Å². The Labute approximate surface area is 156 Å². The van der Waals surface area contributed by atoms with Gasteiger partial charge in [-0.25, -0.2) is 0 Å². The molecule has 0 aliphatic heterocycles. The average molecular weight is 384 g/mol. The maximum Gasteiger partial charge on any atom is 0.573 e. The summed E-state index contributed by atoms with van der Waals surface area (Å²) in [6, 6.07) is 12.7. The summed E-state index contributed by atoms with van der Waals surface area (Å²) in [6.45, 7) is 0. The number of aromatic nitrogens is 6. The number of alkyl halides is 3. The van der Waals surface area contributed by atoms with E-state index in [1.54, 1.807) is 36.5 Å². The van der Waals surface area contributed by atoms with Gasteiger partial charge in [-0.15, -0.1) is 28.2 Å². The van der Waals surface area contributed by atoms with Gasteiger partial charge in [-0.05, 0) is 29.5 Å². The van der Waals surface area contributed by atoms with Crippen LogP contribution in [0.15, 0.2) is 67.1 Å². The van der Waals surface area contributed by atoms with Gasteiger partial charge in [0.2, 0.25) is 5.82 Å². The SMILES string of the molecule is FC(F)(F)Oc1ccccc1-c1cncc(-n2nnc(-c3ccccn3)n2)c1. The molecule has 0 spiro atoms. The summed E-state index contributed by atoms with van der Waals surface area (Å²) < 4.78 is 42.1. The Morgan fingerprint density at radius 3 is 2.57 bits per heavy atom. The Kier molecular flexibility index (Phi) is 4.44. The predicted molar refractivity (Wildman–Crippen MR) is 92.3 cm³/mol. The van der Waals surface area contributed by atoms with E-state index < -0.39 is 6.36 Å². The number of tetrazole rings is 1. The third-order valence-corrected chi connectivity index (χ3v) is 3.69. The molecule has 4 aromatic rings. The monoisotopic (exact) mass is 384 g/mol. The first kappa shape index (κ1) is 17.6. The van der Waals surface area contributed by atoms with E-state index in [2.05, 4.69) is 30.1 Å². The van der Waals surface area contributed by atoms with Gasteiger partial charge in [0.05, 0.1) is 6.20 Å². The summed E-state index contributed by atoms with van der Waals surface area (Å²) >= 11 is 0. The van der Waals surface area contributed by atoms with Gasteiger partial charge in [-0.2, -0.15) is 0 Å². The van der Waals surface area contributed by atoms with E-state index >= 15 is 0 Å². The van der Waals surface area contributed by atoms with Crippen molar-refractivity contribution in [3.63, 3.8) is 0 Å². The Balaban J connectivity index is 1.70.